The van der Waals surface area contributed by atoms with E-state index in [1.54, 1.807) is 6.92 Å². The zero-order valence-electron chi connectivity index (χ0n) is 15.5. The van der Waals surface area contributed by atoms with Crippen LogP contribution < -0.4 is 0 Å². The molecule has 2 heterocycles. The smallest absolute Gasteiger partial charge is 0.312 e. The molecule has 6 heteroatoms. The Kier molecular flexibility index (Phi) is 5.11. The first-order chi connectivity index (χ1) is 12.5. The summed E-state index contributed by atoms with van der Waals surface area (Å²) in [4.78, 5) is 16.5. The van der Waals surface area contributed by atoms with E-state index in [0.717, 1.165) is 22.5 Å². The second kappa shape index (κ2) is 7.47. The lowest BCUT2D eigenvalue weighted by Crippen LogP contribution is -2.07. The van der Waals surface area contributed by atoms with Gasteiger partial charge in [-0.1, -0.05) is 23.8 Å². The standard InChI is InChI=1S/C20H22N4O2/c1-5-26-18(25)12-17-20(24-10-6-7-14(3)19(24)21-17)23-22-16-9-8-13(2)11-15(16)4/h6-11H,5,12H2,1-4H3. The molecule has 3 aromatic rings. The van der Waals surface area contributed by atoms with Gasteiger partial charge >= 0.3 is 5.97 Å². The molecule has 0 atom stereocenters. The molecule has 0 saturated carbocycles. The molecule has 0 aliphatic carbocycles. The van der Waals surface area contributed by atoms with Crippen molar-refractivity contribution in [3.8, 4) is 0 Å². The number of azo groups is 1. The van der Waals surface area contributed by atoms with Crippen LogP contribution in [0, 0.1) is 20.8 Å². The van der Waals surface area contributed by atoms with E-state index < -0.39 is 0 Å². The second-order valence-electron chi connectivity index (χ2n) is 6.24. The normalized spacial score (nSPS) is 11.4. The number of aromatic nitrogens is 2. The summed E-state index contributed by atoms with van der Waals surface area (Å²) in [6, 6.07) is 9.90. The van der Waals surface area contributed by atoms with E-state index in [4.69, 9.17) is 4.74 Å². The minimum Gasteiger partial charge on any atom is -0.466 e. The SMILES string of the molecule is CCOC(=O)Cc1nc2c(C)cccn2c1N=Nc1ccc(C)cc1C. The second-order valence-corrected chi connectivity index (χ2v) is 6.24. The maximum absolute atomic E-state index is 11.9. The van der Waals surface area contributed by atoms with Crippen molar-refractivity contribution in [2.24, 2.45) is 10.2 Å². The van der Waals surface area contributed by atoms with Crippen LogP contribution in [0.4, 0.5) is 11.5 Å². The van der Waals surface area contributed by atoms with E-state index in [0.29, 0.717) is 18.1 Å². The number of ether oxygens (including phenoxy) is 1. The Labute approximate surface area is 152 Å². The van der Waals surface area contributed by atoms with Crippen molar-refractivity contribution in [1.29, 1.82) is 0 Å². The number of esters is 1. The van der Waals surface area contributed by atoms with E-state index in [1.807, 2.05) is 55.6 Å². The molecule has 0 N–H and O–H groups in total. The zero-order chi connectivity index (χ0) is 18.7. The maximum Gasteiger partial charge on any atom is 0.312 e. The van der Waals surface area contributed by atoms with Crippen LogP contribution in [0.3, 0.4) is 0 Å². The van der Waals surface area contributed by atoms with Crippen molar-refractivity contribution in [2.75, 3.05) is 6.61 Å². The Balaban J connectivity index is 2.06. The van der Waals surface area contributed by atoms with Crippen LogP contribution in [-0.4, -0.2) is 22.0 Å². The highest BCUT2D eigenvalue weighted by molar-refractivity contribution is 5.74. The topological polar surface area (TPSA) is 68.3 Å². The monoisotopic (exact) mass is 350 g/mol. The fourth-order valence-corrected chi connectivity index (χ4v) is 2.83. The van der Waals surface area contributed by atoms with Crippen molar-refractivity contribution in [3.63, 3.8) is 0 Å². The third-order valence-corrected chi connectivity index (χ3v) is 4.11. The van der Waals surface area contributed by atoms with Gasteiger partial charge in [-0.25, -0.2) is 4.98 Å². The van der Waals surface area contributed by atoms with E-state index in [9.17, 15) is 4.79 Å². The number of imidazole rings is 1. The Morgan fingerprint density at radius 3 is 2.69 bits per heavy atom. The van der Waals surface area contributed by atoms with Crippen LogP contribution in [0.15, 0.2) is 46.8 Å². The molecular formula is C20H22N4O2. The van der Waals surface area contributed by atoms with Crippen LogP contribution in [-0.2, 0) is 16.0 Å². The molecule has 26 heavy (non-hydrogen) atoms. The van der Waals surface area contributed by atoms with E-state index in [-0.39, 0.29) is 12.4 Å². The summed E-state index contributed by atoms with van der Waals surface area (Å²) in [7, 11) is 0. The minimum absolute atomic E-state index is 0.0657. The van der Waals surface area contributed by atoms with Crippen molar-refractivity contribution >= 4 is 23.1 Å². The number of nitrogens with zero attached hydrogens (tertiary/aromatic N) is 4. The average molecular weight is 350 g/mol. The van der Waals surface area contributed by atoms with Crippen LogP contribution in [0.5, 0.6) is 0 Å². The van der Waals surface area contributed by atoms with Crippen molar-refractivity contribution in [1.82, 2.24) is 9.38 Å². The first kappa shape index (κ1) is 17.8. The van der Waals surface area contributed by atoms with E-state index in [1.165, 1.54) is 5.56 Å². The maximum atomic E-state index is 11.9. The summed E-state index contributed by atoms with van der Waals surface area (Å²) in [6.45, 7) is 8.14. The molecule has 0 saturated heterocycles. The van der Waals surface area contributed by atoms with Gasteiger partial charge in [0, 0.05) is 6.20 Å². The number of rotatable bonds is 5. The lowest BCUT2D eigenvalue weighted by atomic mass is 10.1. The summed E-state index contributed by atoms with van der Waals surface area (Å²) in [5.74, 6) is 0.230. The first-order valence-electron chi connectivity index (χ1n) is 8.60. The fraction of sp³-hybridized carbons (Fsp3) is 0.300. The van der Waals surface area contributed by atoms with Crippen LogP contribution >= 0.6 is 0 Å². The van der Waals surface area contributed by atoms with Gasteiger partial charge in [0.2, 0.25) is 0 Å². The number of hydrogen-bond donors (Lipinski definition) is 0. The van der Waals surface area contributed by atoms with Gasteiger partial charge in [0.05, 0.1) is 24.4 Å². The van der Waals surface area contributed by atoms with Gasteiger partial charge in [-0.3, -0.25) is 9.20 Å². The van der Waals surface area contributed by atoms with Gasteiger partial charge in [0.25, 0.3) is 0 Å². The largest absolute Gasteiger partial charge is 0.466 e. The van der Waals surface area contributed by atoms with Crippen molar-refractivity contribution in [3.05, 3.63) is 58.9 Å². The van der Waals surface area contributed by atoms with Crippen molar-refractivity contribution < 1.29 is 9.53 Å². The molecule has 0 fully saturated rings. The van der Waals surface area contributed by atoms with Gasteiger partial charge in [-0.15, -0.1) is 10.2 Å². The van der Waals surface area contributed by atoms with Gasteiger partial charge in [0.1, 0.15) is 5.65 Å². The lowest BCUT2D eigenvalue weighted by molar-refractivity contribution is -0.142. The highest BCUT2D eigenvalue weighted by Gasteiger charge is 2.17. The van der Waals surface area contributed by atoms with Crippen LogP contribution in [0.2, 0.25) is 0 Å². The molecule has 134 valence electrons. The first-order valence-corrected chi connectivity index (χ1v) is 8.60. The number of hydrogen-bond acceptors (Lipinski definition) is 5. The third-order valence-electron chi connectivity index (χ3n) is 4.11. The summed E-state index contributed by atoms with van der Waals surface area (Å²) in [5, 5.41) is 8.82. The van der Waals surface area contributed by atoms with Gasteiger partial charge in [0.15, 0.2) is 5.82 Å². The summed E-state index contributed by atoms with van der Waals surface area (Å²) in [5.41, 5.74) is 5.35. The highest BCUT2D eigenvalue weighted by atomic mass is 16.5. The van der Waals surface area contributed by atoms with Crippen LogP contribution in [0.1, 0.15) is 29.3 Å². The number of benzene rings is 1. The molecule has 0 aliphatic heterocycles. The molecule has 0 radical (unpaired) electrons. The predicted molar refractivity (Wildman–Crippen MR) is 100 cm³/mol. The molecular weight excluding hydrogens is 328 g/mol. The average Bonchev–Trinajstić information content (AvgIpc) is 2.93. The highest BCUT2D eigenvalue weighted by Crippen LogP contribution is 2.27. The summed E-state index contributed by atoms with van der Waals surface area (Å²) >= 11 is 0. The van der Waals surface area contributed by atoms with Crippen molar-refractivity contribution in [2.45, 2.75) is 34.1 Å². The van der Waals surface area contributed by atoms with E-state index >= 15 is 0 Å². The molecule has 3 rings (SSSR count). The van der Waals surface area contributed by atoms with Crippen LogP contribution in [0.25, 0.3) is 5.65 Å². The Bertz CT molecular complexity index is 989. The number of pyridine rings is 1. The zero-order valence-corrected chi connectivity index (χ0v) is 15.5. The Morgan fingerprint density at radius 2 is 1.96 bits per heavy atom. The predicted octanol–water partition coefficient (Wildman–Crippen LogP) is 4.78. The fourth-order valence-electron chi connectivity index (χ4n) is 2.83. The molecule has 0 bridgehead atoms. The number of carbonyl (C=O) groups is 1. The molecule has 0 spiro atoms. The molecule has 2 aromatic heterocycles. The summed E-state index contributed by atoms with van der Waals surface area (Å²) < 4.78 is 6.92. The van der Waals surface area contributed by atoms with Gasteiger partial charge in [-0.05, 0) is 51.0 Å². The minimum atomic E-state index is -0.323. The molecule has 6 nitrogen and oxygen atoms in total. The number of fused-ring (bicyclic) bond motifs is 1. The Hall–Kier alpha value is -3.02. The number of carbonyl (C=O) groups excluding carboxylic acids is 1. The molecule has 0 aliphatic rings. The third kappa shape index (κ3) is 3.64. The molecule has 0 amide bonds. The molecule has 1 aromatic carbocycles. The van der Waals surface area contributed by atoms with Gasteiger partial charge < -0.3 is 4.74 Å². The van der Waals surface area contributed by atoms with E-state index in [2.05, 4.69) is 21.3 Å². The molecule has 0 unspecified atom stereocenters. The van der Waals surface area contributed by atoms with Gasteiger partial charge in [-0.2, -0.15) is 0 Å². The summed E-state index contributed by atoms with van der Waals surface area (Å²) in [6.07, 6.45) is 1.94. The lowest BCUT2D eigenvalue weighted by Gasteiger charge is -2.02. The Morgan fingerprint density at radius 1 is 1.15 bits per heavy atom. The number of aryl methyl sites for hydroxylation is 3. The quantitative estimate of drug-likeness (QED) is 0.491.